The van der Waals surface area contributed by atoms with Crippen molar-refractivity contribution < 1.29 is 5.11 Å². The van der Waals surface area contributed by atoms with Gasteiger partial charge in [-0.2, -0.15) is 0 Å². The van der Waals surface area contributed by atoms with Crippen molar-refractivity contribution >= 4 is 17.4 Å². The first-order valence-corrected chi connectivity index (χ1v) is 6.49. The zero-order chi connectivity index (χ0) is 12.3. The largest absolute Gasteiger partial charge is 0.393 e. The molecule has 1 aliphatic carbocycles. The van der Waals surface area contributed by atoms with Gasteiger partial charge in [0.1, 0.15) is 16.8 Å². The molecule has 0 bridgehead atoms. The van der Waals surface area contributed by atoms with Crippen LogP contribution in [-0.2, 0) is 0 Å². The second kappa shape index (κ2) is 5.65. The Morgan fingerprint density at radius 1 is 1.53 bits per heavy atom. The molecule has 17 heavy (non-hydrogen) atoms. The van der Waals surface area contributed by atoms with E-state index in [1.807, 2.05) is 0 Å². The minimum absolute atomic E-state index is 0.243. The Bertz CT molecular complexity index is 380. The van der Waals surface area contributed by atoms with Crippen LogP contribution >= 0.6 is 11.6 Å². The van der Waals surface area contributed by atoms with E-state index in [4.69, 9.17) is 16.7 Å². The van der Waals surface area contributed by atoms with Gasteiger partial charge in [0.25, 0.3) is 0 Å². The second-order valence-electron chi connectivity index (χ2n) is 4.63. The van der Waals surface area contributed by atoms with Crippen LogP contribution in [0.5, 0.6) is 0 Å². The minimum atomic E-state index is -0.243. The van der Waals surface area contributed by atoms with E-state index in [0.717, 1.165) is 31.0 Å². The Balaban J connectivity index is 1.87. The number of aliphatic hydroxyl groups excluding tert-OH is 1. The maximum Gasteiger partial charge on any atom is 0.135 e. The smallest absolute Gasteiger partial charge is 0.135 e. The lowest BCUT2D eigenvalue weighted by atomic mass is 10.2. The van der Waals surface area contributed by atoms with E-state index in [1.165, 1.54) is 12.8 Å². The first kappa shape index (κ1) is 12.6. The van der Waals surface area contributed by atoms with Gasteiger partial charge in [-0.25, -0.2) is 9.97 Å². The Morgan fingerprint density at radius 2 is 2.29 bits per heavy atom. The lowest BCUT2D eigenvalue weighted by Crippen LogP contribution is -2.08. The van der Waals surface area contributed by atoms with Crippen molar-refractivity contribution in [2.75, 3.05) is 11.9 Å². The van der Waals surface area contributed by atoms with Crippen molar-refractivity contribution in [3.63, 3.8) is 0 Å². The summed E-state index contributed by atoms with van der Waals surface area (Å²) in [6.07, 6.45) is 3.80. The molecule has 0 aliphatic heterocycles. The van der Waals surface area contributed by atoms with Gasteiger partial charge in [-0.3, -0.25) is 0 Å². The van der Waals surface area contributed by atoms with Crippen molar-refractivity contribution in [2.45, 2.75) is 44.6 Å². The van der Waals surface area contributed by atoms with Crippen LogP contribution < -0.4 is 5.32 Å². The number of hydrogen-bond acceptors (Lipinski definition) is 4. The predicted octanol–water partition coefficient (Wildman–Crippen LogP) is 2.58. The van der Waals surface area contributed by atoms with E-state index < -0.39 is 0 Å². The summed E-state index contributed by atoms with van der Waals surface area (Å²) in [4.78, 5) is 8.67. The van der Waals surface area contributed by atoms with Gasteiger partial charge in [0.15, 0.2) is 0 Å². The molecule has 4 nitrogen and oxygen atoms in total. The third-order valence-corrected chi connectivity index (χ3v) is 2.95. The van der Waals surface area contributed by atoms with Crippen LogP contribution in [0.1, 0.15) is 44.3 Å². The average Bonchev–Trinajstić information content (AvgIpc) is 3.07. The van der Waals surface area contributed by atoms with E-state index in [2.05, 4.69) is 15.3 Å². The van der Waals surface area contributed by atoms with Gasteiger partial charge in [0, 0.05) is 18.5 Å². The third-order valence-electron chi connectivity index (χ3n) is 2.76. The number of rotatable bonds is 6. The molecular formula is C12H18ClN3O. The summed E-state index contributed by atoms with van der Waals surface area (Å²) in [7, 11) is 0. The fourth-order valence-electron chi connectivity index (χ4n) is 1.66. The highest BCUT2D eigenvalue weighted by Gasteiger charge is 2.27. The van der Waals surface area contributed by atoms with Crippen LogP contribution in [0.25, 0.3) is 0 Å². The van der Waals surface area contributed by atoms with Crippen molar-refractivity contribution in [3.05, 3.63) is 17.0 Å². The first-order chi connectivity index (χ1) is 8.15. The highest BCUT2D eigenvalue weighted by Crippen LogP contribution is 2.38. The van der Waals surface area contributed by atoms with Gasteiger partial charge in [-0.1, -0.05) is 11.6 Å². The predicted molar refractivity (Wildman–Crippen MR) is 68.4 cm³/mol. The average molecular weight is 256 g/mol. The maximum absolute atomic E-state index is 9.14. The number of aliphatic hydroxyl groups is 1. The minimum Gasteiger partial charge on any atom is -0.393 e. The number of hydrogen-bond donors (Lipinski definition) is 2. The summed E-state index contributed by atoms with van der Waals surface area (Å²) in [5.74, 6) is 2.15. The lowest BCUT2D eigenvalue weighted by Gasteiger charge is -2.08. The van der Waals surface area contributed by atoms with Crippen LogP contribution in [-0.4, -0.2) is 27.7 Å². The Labute approximate surface area is 106 Å². The van der Waals surface area contributed by atoms with E-state index >= 15 is 0 Å². The molecule has 1 aliphatic rings. The Hall–Kier alpha value is -0.870. The van der Waals surface area contributed by atoms with Gasteiger partial charge in [-0.15, -0.1) is 0 Å². The molecule has 1 aromatic heterocycles. The molecule has 1 heterocycles. The van der Waals surface area contributed by atoms with Gasteiger partial charge in [0.05, 0.1) is 6.10 Å². The lowest BCUT2D eigenvalue weighted by molar-refractivity contribution is 0.183. The summed E-state index contributed by atoms with van der Waals surface area (Å²) < 4.78 is 0. The summed E-state index contributed by atoms with van der Waals surface area (Å²) in [6, 6.07) is 1.75. The quantitative estimate of drug-likeness (QED) is 0.606. The fourth-order valence-corrected chi connectivity index (χ4v) is 1.85. The molecular weight excluding hydrogens is 238 g/mol. The number of anilines is 1. The molecule has 0 spiro atoms. The molecule has 2 N–H and O–H groups in total. The van der Waals surface area contributed by atoms with E-state index in [1.54, 1.807) is 13.0 Å². The maximum atomic E-state index is 9.14. The van der Waals surface area contributed by atoms with E-state index in [0.29, 0.717) is 11.1 Å². The molecule has 94 valence electrons. The Kier molecular flexibility index (Phi) is 4.18. The molecule has 1 fully saturated rings. The summed E-state index contributed by atoms with van der Waals surface area (Å²) in [5, 5.41) is 12.9. The van der Waals surface area contributed by atoms with Crippen LogP contribution in [0.4, 0.5) is 5.82 Å². The van der Waals surface area contributed by atoms with Gasteiger partial charge < -0.3 is 10.4 Å². The molecule has 5 heteroatoms. The van der Waals surface area contributed by atoms with Crippen LogP contribution in [0.15, 0.2) is 6.07 Å². The molecule has 1 atom stereocenters. The number of aromatic nitrogens is 2. The third kappa shape index (κ3) is 4.13. The van der Waals surface area contributed by atoms with E-state index in [-0.39, 0.29) is 6.10 Å². The highest BCUT2D eigenvalue weighted by atomic mass is 35.5. The normalized spacial score (nSPS) is 16.9. The van der Waals surface area contributed by atoms with Crippen molar-refractivity contribution in [2.24, 2.45) is 0 Å². The number of halogens is 1. The van der Waals surface area contributed by atoms with E-state index in [9.17, 15) is 0 Å². The van der Waals surface area contributed by atoms with Crippen molar-refractivity contribution in [1.82, 2.24) is 9.97 Å². The fraction of sp³-hybridized carbons (Fsp3) is 0.667. The monoisotopic (exact) mass is 255 g/mol. The van der Waals surface area contributed by atoms with Crippen LogP contribution in [0, 0.1) is 0 Å². The second-order valence-corrected chi connectivity index (χ2v) is 5.01. The van der Waals surface area contributed by atoms with Crippen LogP contribution in [0.2, 0.25) is 5.15 Å². The van der Waals surface area contributed by atoms with Gasteiger partial charge in [-0.05, 0) is 32.6 Å². The molecule has 0 saturated heterocycles. The van der Waals surface area contributed by atoms with Gasteiger partial charge in [0.2, 0.25) is 0 Å². The SMILES string of the molecule is CC(O)CCCNc1cc(Cl)nc(C2CC2)n1. The molecule has 0 amide bonds. The Morgan fingerprint density at radius 3 is 2.94 bits per heavy atom. The zero-order valence-corrected chi connectivity index (χ0v) is 10.7. The zero-order valence-electron chi connectivity index (χ0n) is 9.99. The number of nitrogens with one attached hydrogen (secondary N) is 1. The van der Waals surface area contributed by atoms with Crippen LogP contribution in [0.3, 0.4) is 0 Å². The highest BCUT2D eigenvalue weighted by molar-refractivity contribution is 6.29. The molecule has 0 aromatic carbocycles. The number of nitrogens with zero attached hydrogens (tertiary/aromatic N) is 2. The van der Waals surface area contributed by atoms with Crippen molar-refractivity contribution in [1.29, 1.82) is 0 Å². The van der Waals surface area contributed by atoms with Gasteiger partial charge >= 0.3 is 0 Å². The molecule has 2 rings (SSSR count). The summed E-state index contributed by atoms with van der Waals surface area (Å²) in [5.41, 5.74) is 0. The molecule has 1 saturated carbocycles. The summed E-state index contributed by atoms with van der Waals surface area (Å²) in [6.45, 7) is 2.59. The van der Waals surface area contributed by atoms with Crippen molar-refractivity contribution in [3.8, 4) is 0 Å². The summed E-state index contributed by atoms with van der Waals surface area (Å²) >= 11 is 5.95. The molecule has 1 aromatic rings. The standard InChI is InChI=1S/C12H18ClN3O/c1-8(17)3-2-6-14-11-7-10(13)15-12(16-11)9-4-5-9/h7-9,17H,2-6H2,1H3,(H,14,15,16). The topological polar surface area (TPSA) is 58.0 Å². The first-order valence-electron chi connectivity index (χ1n) is 6.11. The molecule has 0 radical (unpaired) electrons. The molecule has 1 unspecified atom stereocenters.